The van der Waals surface area contributed by atoms with Crippen LogP contribution in [0.1, 0.15) is 29.3 Å². The normalized spacial score (nSPS) is 9.35. The molecule has 0 fully saturated rings. The summed E-state index contributed by atoms with van der Waals surface area (Å²) < 4.78 is 10.4. The van der Waals surface area contributed by atoms with E-state index in [4.69, 9.17) is 9.47 Å². The Labute approximate surface area is 122 Å². The lowest BCUT2D eigenvalue weighted by Crippen LogP contribution is -1.96. The van der Waals surface area contributed by atoms with Crippen molar-refractivity contribution in [3.05, 3.63) is 23.3 Å². The molecule has 5 heteroatoms. The minimum atomic E-state index is 0.0778. The van der Waals surface area contributed by atoms with E-state index < -0.39 is 0 Å². The first-order valence-corrected chi connectivity index (χ1v) is 6.94. The highest BCUT2D eigenvalue weighted by molar-refractivity contribution is 8.13. The van der Waals surface area contributed by atoms with Gasteiger partial charge >= 0.3 is 0 Å². The molecule has 0 aliphatic heterocycles. The summed E-state index contributed by atoms with van der Waals surface area (Å²) in [6.07, 6.45) is 1.32. The zero-order valence-electron chi connectivity index (χ0n) is 11.7. The van der Waals surface area contributed by atoms with E-state index in [2.05, 4.69) is 11.8 Å². The summed E-state index contributed by atoms with van der Waals surface area (Å²) in [4.78, 5) is 21.7. The van der Waals surface area contributed by atoms with E-state index in [0.717, 1.165) is 6.29 Å². The monoisotopic (exact) mass is 292 g/mol. The van der Waals surface area contributed by atoms with Crippen LogP contribution in [0.5, 0.6) is 11.5 Å². The van der Waals surface area contributed by atoms with Crippen LogP contribution in [0, 0.1) is 11.8 Å². The summed E-state index contributed by atoms with van der Waals surface area (Å²) in [6.45, 7) is 1.53. The molecule has 0 spiro atoms. The van der Waals surface area contributed by atoms with Gasteiger partial charge in [0.25, 0.3) is 0 Å². The van der Waals surface area contributed by atoms with E-state index in [1.54, 1.807) is 12.1 Å². The number of benzene rings is 1. The van der Waals surface area contributed by atoms with Crippen molar-refractivity contribution in [2.45, 2.75) is 13.3 Å². The Morgan fingerprint density at radius 3 is 2.65 bits per heavy atom. The Hall–Kier alpha value is -1.93. The van der Waals surface area contributed by atoms with Crippen molar-refractivity contribution < 1.29 is 19.1 Å². The van der Waals surface area contributed by atoms with Crippen molar-refractivity contribution >= 4 is 23.2 Å². The van der Waals surface area contributed by atoms with Gasteiger partial charge in [-0.1, -0.05) is 23.6 Å². The highest BCUT2D eigenvalue weighted by atomic mass is 32.2. The van der Waals surface area contributed by atoms with Crippen LogP contribution >= 0.6 is 11.8 Å². The molecule has 20 heavy (non-hydrogen) atoms. The summed E-state index contributed by atoms with van der Waals surface area (Å²) in [7, 11) is 3.03. The van der Waals surface area contributed by atoms with Gasteiger partial charge in [-0.25, -0.2) is 0 Å². The van der Waals surface area contributed by atoms with Crippen molar-refractivity contribution in [1.82, 2.24) is 0 Å². The molecule has 1 aromatic carbocycles. The Balaban J connectivity index is 2.95. The number of methoxy groups -OCH3 is 2. The SMILES string of the molecule is COc1cc(C=O)cc(C#CCCSC(C)=O)c1OC. The third kappa shape index (κ3) is 4.63. The predicted octanol–water partition coefficient (Wildman–Crippen LogP) is 2.54. The maximum Gasteiger partial charge on any atom is 0.185 e. The summed E-state index contributed by atoms with van der Waals surface area (Å²) in [6, 6.07) is 3.25. The van der Waals surface area contributed by atoms with Crippen molar-refractivity contribution in [1.29, 1.82) is 0 Å². The average Bonchev–Trinajstić information content (AvgIpc) is 2.45. The molecule has 0 unspecified atom stereocenters. The summed E-state index contributed by atoms with van der Waals surface area (Å²) in [5.74, 6) is 7.53. The van der Waals surface area contributed by atoms with Crippen molar-refractivity contribution in [2.24, 2.45) is 0 Å². The van der Waals surface area contributed by atoms with Gasteiger partial charge in [-0.2, -0.15) is 0 Å². The largest absolute Gasteiger partial charge is 0.493 e. The second-order valence-electron chi connectivity index (χ2n) is 3.81. The van der Waals surface area contributed by atoms with Crippen LogP contribution in [0.25, 0.3) is 0 Å². The van der Waals surface area contributed by atoms with Gasteiger partial charge in [0.1, 0.15) is 6.29 Å². The molecule has 0 heterocycles. The van der Waals surface area contributed by atoms with Crippen LogP contribution in [0.3, 0.4) is 0 Å². The Kier molecular flexibility index (Phi) is 6.68. The first-order valence-electron chi connectivity index (χ1n) is 5.95. The maximum atomic E-state index is 10.9. The summed E-state index contributed by atoms with van der Waals surface area (Å²) >= 11 is 1.24. The molecule has 1 aromatic rings. The number of aldehydes is 1. The van der Waals surface area contributed by atoms with E-state index in [-0.39, 0.29) is 5.12 Å². The molecule has 0 amide bonds. The Bertz CT molecular complexity index is 555. The molecule has 0 bridgehead atoms. The minimum absolute atomic E-state index is 0.0778. The highest BCUT2D eigenvalue weighted by Gasteiger charge is 2.10. The van der Waals surface area contributed by atoms with E-state index in [9.17, 15) is 9.59 Å². The Morgan fingerprint density at radius 2 is 2.10 bits per heavy atom. The molecule has 1 rings (SSSR count). The highest BCUT2D eigenvalue weighted by Crippen LogP contribution is 2.31. The van der Waals surface area contributed by atoms with Gasteiger partial charge in [0.05, 0.1) is 19.8 Å². The standard InChI is InChI=1S/C15H16O4S/c1-11(17)20-7-5-4-6-13-8-12(10-16)9-14(18-2)15(13)19-3/h8-10H,5,7H2,1-3H3. The first kappa shape index (κ1) is 16.1. The fourth-order valence-electron chi connectivity index (χ4n) is 1.55. The fourth-order valence-corrected chi connectivity index (χ4v) is 2.04. The minimum Gasteiger partial charge on any atom is -0.493 e. The molecule has 0 aliphatic rings. The Morgan fingerprint density at radius 1 is 1.35 bits per heavy atom. The lowest BCUT2D eigenvalue weighted by molar-refractivity contribution is -0.109. The van der Waals surface area contributed by atoms with Crippen LogP contribution in [-0.2, 0) is 4.79 Å². The number of hydrogen-bond donors (Lipinski definition) is 0. The zero-order valence-corrected chi connectivity index (χ0v) is 12.5. The molecule has 0 N–H and O–H groups in total. The molecule has 106 valence electrons. The van der Waals surface area contributed by atoms with E-state index >= 15 is 0 Å². The van der Waals surface area contributed by atoms with E-state index in [1.165, 1.54) is 32.9 Å². The summed E-state index contributed by atoms with van der Waals surface area (Å²) in [5, 5.41) is 0.0778. The number of hydrogen-bond acceptors (Lipinski definition) is 5. The topological polar surface area (TPSA) is 52.6 Å². The molecule has 0 aromatic heterocycles. The second-order valence-corrected chi connectivity index (χ2v) is 5.09. The molecule has 4 nitrogen and oxygen atoms in total. The summed E-state index contributed by atoms with van der Waals surface area (Å²) in [5.41, 5.74) is 1.08. The van der Waals surface area contributed by atoms with Crippen LogP contribution < -0.4 is 9.47 Å². The second kappa shape index (κ2) is 8.28. The fraction of sp³-hybridized carbons (Fsp3) is 0.333. The number of carbonyl (C=O) groups is 2. The van der Waals surface area contributed by atoms with Gasteiger partial charge in [-0.3, -0.25) is 9.59 Å². The quantitative estimate of drug-likeness (QED) is 0.474. The maximum absolute atomic E-state index is 10.9. The van der Waals surface area contributed by atoms with Gasteiger partial charge in [0, 0.05) is 24.7 Å². The van der Waals surface area contributed by atoms with Gasteiger partial charge in [0.2, 0.25) is 0 Å². The molecule has 0 aliphatic carbocycles. The van der Waals surface area contributed by atoms with E-state index in [0.29, 0.717) is 34.8 Å². The molecule has 0 atom stereocenters. The smallest absolute Gasteiger partial charge is 0.185 e. The third-order valence-electron chi connectivity index (χ3n) is 2.39. The first-order chi connectivity index (χ1) is 9.62. The lowest BCUT2D eigenvalue weighted by atomic mass is 10.1. The van der Waals surface area contributed by atoms with Crippen molar-refractivity contribution in [2.75, 3.05) is 20.0 Å². The van der Waals surface area contributed by atoms with Crippen LogP contribution in [0.2, 0.25) is 0 Å². The molecule has 0 radical (unpaired) electrons. The number of rotatable bonds is 5. The van der Waals surface area contributed by atoms with Gasteiger partial charge in [-0.15, -0.1) is 0 Å². The third-order valence-corrected chi connectivity index (χ3v) is 3.21. The number of carbonyl (C=O) groups excluding carboxylic acids is 2. The van der Waals surface area contributed by atoms with Crippen LogP contribution in [0.4, 0.5) is 0 Å². The lowest BCUT2D eigenvalue weighted by Gasteiger charge is -2.10. The molecular formula is C15H16O4S. The molecular weight excluding hydrogens is 276 g/mol. The van der Waals surface area contributed by atoms with Crippen molar-refractivity contribution in [3.63, 3.8) is 0 Å². The van der Waals surface area contributed by atoms with E-state index in [1.807, 2.05) is 0 Å². The predicted molar refractivity (Wildman–Crippen MR) is 79.6 cm³/mol. The molecule has 0 saturated heterocycles. The van der Waals surface area contributed by atoms with Gasteiger partial charge in [-0.05, 0) is 12.1 Å². The average molecular weight is 292 g/mol. The van der Waals surface area contributed by atoms with Gasteiger partial charge < -0.3 is 9.47 Å². The number of ether oxygens (including phenoxy) is 2. The van der Waals surface area contributed by atoms with Gasteiger partial charge in [0.15, 0.2) is 16.6 Å². The van der Waals surface area contributed by atoms with Crippen LogP contribution in [-0.4, -0.2) is 31.4 Å². The number of thioether (sulfide) groups is 1. The zero-order chi connectivity index (χ0) is 15.0. The molecule has 0 saturated carbocycles. The van der Waals surface area contributed by atoms with Crippen molar-refractivity contribution in [3.8, 4) is 23.3 Å². The van der Waals surface area contributed by atoms with Crippen LogP contribution in [0.15, 0.2) is 12.1 Å².